The highest BCUT2D eigenvalue weighted by molar-refractivity contribution is 6.01. The van der Waals surface area contributed by atoms with Crippen molar-refractivity contribution in [3.05, 3.63) is 64.6 Å². The summed E-state index contributed by atoms with van der Waals surface area (Å²) in [6.07, 6.45) is 0. The smallest absolute Gasteiger partial charge is 0.387 e. The second kappa shape index (κ2) is 7.82. The summed E-state index contributed by atoms with van der Waals surface area (Å²) in [6.45, 7) is -3.70. The van der Waals surface area contributed by atoms with Crippen LogP contribution in [0, 0.1) is 0 Å². The van der Waals surface area contributed by atoms with Crippen LogP contribution in [0.15, 0.2) is 53.3 Å². The minimum Gasteiger partial charge on any atom is -0.476 e. The lowest BCUT2D eigenvalue weighted by molar-refractivity contribution is -0.117. The second-order valence-corrected chi connectivity index (χ2v) is 5.58. The lowest BCUT2D eigenvalue weighted by Gasteiger charge is -2.12. The van der Waals surface area contributed by atoms with Crippen LogP contribution in [0.5, 0.6) is 5.75 Å². The average Bonchev–Trinajstić information content (AvgIpc) is 2.65. The SMILES string of the molecule is O=C(Cn1nc(C(=O)O)c2ccccc2c1=O)Nc1ccccc1OC(F)F. The van der Waals surface area contributed by atoms with Gasteiger partial charge in [-0.15, -0.1) is 0 Å². The van der Waals surface area contributed by atoms with Gasteiger partial charge in [-0.2, -0.15) is 13.9 Å². The molecule has 8 nitrogen and oxygen atoms in total. The van der Waals surface area contributed by atoms with Gasteiger partial charge in [-0.05, 0) is 18.2 Å². The van der Waals surface area contributed by atoms with Crippen molar-refractivity contribution >= 4 is 28.3 Å². The molecular weight excluding hydrogens is 376 g/mol. The van der Waals surface area contributed by atoms with Gasteiger partial charge in [-0.3, -0.25) is 9.59 Å². The zero-order valence-corrected chi connectivity index (χ0v) is 14.1. The first-order valence-electron chi connectivity index (χ1n) is 7.93. The van der Waals surface area contributed by atoms with E-state index in [0.29, 0.717) is 4.68 Å². The van der Waals surface area contributed by atoms with Gasteiger partial charge in [0.1, 0.15) is 12.3 Å². The largest absolute Gasteiger partial charge is 0.476 e. The van der Waals surface area contributed by atoms with Crippen molar-refractivity contribution in [2.45, 2.75) is 13.2 Å². The maximum atomic E-state index is 12.5. The summed E-state index contributed by atoms with van der Waals surface area (Å²) in [6, 6.07) is 11.5. The number of aromatic nitrogens is 2. The second-order valence-electron chi connectivity index (χ2n) is 5.58. The molecule has 2 aromatic carbocycles. The lowest BCUT2D eigenvalue weighted by atomic mass is 10.1. The lowest BCUT2D eigenvalue weighted by Crippen LogP contribution is -2.31. The predicted octanol–water partition coefficient (Wildman–Crippen LogP) is 2.33. The van der Waals surface area contributed by atoms with Gasteiger partial charge < -0.3 is 15.2 Å². The number of hydrogen-bond acceptors (Lipinski definition) is 5. The molecule has 0 fully saturated rings. The molecule has 0 spiro atoms. The molecular formula is C18H13F2N3O5. The van der Waals surface area contributed by atoms with E-state index in [4.69, 9.17) is 0 Å². The van der Waals surface area contributed by atoms with Crippen molar-refractivity contribution in [3.63, 3.8) is 0 Å². The van der Waals surface area contributed by atoms with Gasteiger partial charge in [0.15, 0.2) is 5.69 Å². The highest BCUT2D eigenvalue weighted by Crippen LogP contribution is 2.25. The molecule has 0 atom stereocenters. The molecule has 3 aromatic rings. The maximum absolute atomic E-state index is 12.5. The number of rotatable bonds is 6. The number of hydrogen-bond donors (Lipinski definition) is 2. The molecule has 0 bridgehead atoms. The molecule has 1 amide bonds. The van der Waals surface area contributed by atoms with Crippen LogP contribution in [0.2, 0.25) is 0 Å². The van der Waals surface area contributed by atoms with Crippen LogP contribution in [-0.2, 0) is 11.3 Å². The van der Waals surface area contributed by atoms with E-state index in [2.05, 4.69) is 15.2 Å². The number of carboxylic acid groups (broad SMARTS) is 1. The first kappa shape index (κ1) is 19.0. The van der Waals surface area contributed by atoms with E-state index in [1.807, 2.05) is 0 Å². The Morgan fingerprint density at radius 2 is 1.75 bits per heavy atom. The molecule has 0 aliphatic heterocycles. The molecule has 2 N–H and O–H groups in total. The van der Waals surface area contributed by atoms with Crippen molar-refractivity contribution < 1.29 is 28.2 Å². The Balaban J connectivity index is 1.91. The summed E-state index contributed by atoms with van der Waals surface area (Å²) in [7, 11) is 0. The summed E-state index contributed by atoms with van der Waals surface area (Å²) < 4.78 is 29.9. The Labute approximate surface area is 156 Å². The highest BCUT2D eigenvalue weighted by Gasteiger charge is 2.18. The molecule has 3 rings (SSSR count). The number of carbonyl (C=O) groups is 2. The number of amides is 1. The van der Waals surface area contributed by atoms with Crippen LogP contribution in [0.1, 0.15) is 10.5 Å². The molecule has 1 heterocycles. The first-order chi connectivity index (χ1) is 13.4. The molecule has 0 aliphatic carbocycles. The average molecular weight is 389 g/mol. The number of nitrogens with zero attached hydrogens (tertiary/aromatic N) is 2. The molecule has 0 saturated carbocycles. The van der Waals surface area contributed by atoms with E-state index in [1.54, 1.807) is 12.1 Å². The van der Waals surface area contributed by atoms with Gasteiger partial charge >= 0.3 is 12.6 Å². The number of carbonyl (C=O) groups excluding carboxylic acids is 1. The van der Waals surface area contributed by atoms with Gasteiger partial charge in [0.05, 0.1) is 11.1 Å². The van der Waals surface area contributed by atoms with Gasteiger partial charge in [0.25, 0.3) is 5.56 Å². The maximum Gasteiger partial charge on any atom is 0.387 e. The Kier molecular flexibility index (Phi) is 5.30. The van der Waals surface area contributed by atoms with Gasteiger partial charge in [0.2, 0.25) is 5.91 Å². The summed E-state index contributed by atoms with van der Waals surface area (Å²) in [5.41, 5.74) is -1.07. The van der Waals surface area contributed by atoms with E-state index in [-0.39, 0.29) is 27.9 Å². The first-order valence-corrected chi connectivity index (χ1v) is 7.93. The number of halogens is 2. The van der Waals surface area contributed by atoms with E-state index >= 15 is 0 Å². The highest BCUT2D eigenvalue weighted by atomic mass is 19.3. The number of aromatic carboxylic acids is 1. The Bertz CT molecular complexity index is 1110. The number of para-hydroxylation sites is 2. The minimum atomic E-state index is -3.08. The zero-order chi connectivity index (χ0) is 20.3. The van der Waals surface area contributed by atoms with E-state index in [0.717, 1.165) is 0 Å². The Morgan fingerprint density at radius 3 is 2.43 bits per heavy atom. The quantitative estimate of drug-likeness (QED) is 0.670. The molecule has 28 heavy (non-hydrogen) atoms. The number of fused-ring (bicyclic) bond motifs is 1. The van der Waals surface area contributed by atoms with Gasteiger partial charge in [0, 0.05) is 5.39 Å². The minimum absolute atomic E-state index is 0.0277. The number of carboxylic acids is 1. The molecule has 0 saturated heterocycles. The number of ether oxygens (including phenoxy) is 1. The van der Waals surface area contributed by atoms with E-state index in [1.165, 1.54) is 36.4 Å². The normalized spacial score (nSPS) is 10.8. The summed E-state index contributed by atoms with van der Waals surface area (Å²) in [5, 5.41) is 15.6. The predicted molar refractivity (Wildman–Crippen MR) is 94.7 cm³/mol. The van der Waals surface area contributed by atoms with Crippen LogP contribution < -0.4 is 15.6 Å². The third-order valence-corrected chi connectivity index (χ3v) is 3.74. The topological polar surface area (TPSA) is 111 Å². The molecule has 0 radical (unpaired) electrons. The molecule has 1 aromatic heterocycles. The standard InChI is InChI=1S/C18H13F2N3O5/c19-18(20)28-13-8-4-3-7-12(13)21-14(24)9-23-16(25)11-6-2-1-5-10(11)15(22-23)17(26)27/h1-8,18H,9H2,(H,21,24)(H,26,27). The summed E-state index contributed by atoms with van der Waals surface area (Å²) in [4.78, 5) is 36.2. The van der Waals surface area contributed by atoms with Gasteiger partial charge in [-0.25, -0.2) is 9.48 Å². The third-order valence-electron chi connectivity index (χ3n) is 3.74. The molecule has 144 valence electrons. The third kappa shape index (κ3) is 3.95. The number of benzene rings is 2. The Morgan fingerprint density at radius 1 is 1.11 bits per heavy atom. The van der Waals surface area contributed by atoms with Crippen LogP contribution in [0.4, 0.5) is 14.5 Å². The molecule has 0 unspecified atom stereocenters. The zero-order valence-electron chi connectivity index (χ0n) is 14.1. The van der Waals surface area contributed by atoms with Crippen molar-refractivity contribution in [2.24, 2.45) is 0 Å². The van der Waals surface area contributed by atoms with Crippen molar-refractivity contribution in [2.75, 3.05) is 5.32 Å². The van der Waals surface area contributed by atoms with Crippen molar-refractivity contribution in [3.8, 4) is 5.75 Å². The van der Waals surface area contributed by atoms with E-state index in [9.17, 15) is 28.3 Å². The number of alkyl halides is 2. The summed E-state index contributed by atoms with van der Waals surface area (Å²) >= 11 is 0. The van der Waals surface area contributed by atoms with Crippen LogP contribution >= 0.6 is 0 Å². The fraction of sp³-hybridized carbons (Fsp3) is 0.111. The van der Waals surface area contributed by atoms with Crippen molar-refractivity contribution in [1.29, 1.82) is 0 Å². The van der Waals surface area contributed by atoms with Crippen molar-refractivity contribution in [1.82, 2.24) is 9.78 Å². The fourth-order valence-electron chi connectivity index (χ4n) is 2.59. The number of nitrogens with one attached hydrogen (secondary N) is 1. The van der Waals surface area contributed by atoms with Crippen LogP contribution in [0.3, 0.4) is 0 Å². The van der Waals surface area contributed by atoms with Crippen LogP contribution in [0.25, 0.3) is 10.8 Å². The van der Waals surface area contributed by atoms with E-state index < -0.39 is 30.6 Å². The van der Waals surface area contributed by atoms with Gasteiger partial charge in [-0.1, -0.05) is 30.3 Å². The molecule has 10 heteroatoms. The monoisotopic (exact) mass is 389 g/mol. The fourth-order valence-corrected chi connectivity index (χ4v) is 2.59. The molecule has 0 aliphatic rings. The Hall–Kier alpha value is -3.82. The number of anilines is 1. The summed E-state index contributed by atoms with van der Waals surface area (Å²) in [5.74, 6) is -2.39. The van der Waals surface area contributed by atoms with Crippen LogP contribution in [-0.4, -0.2) is 33.4 Å².